The summed E-state index contributed by atoms with van der Waals surface area (Å²) in [6, 6.07) is 13.1. The summed E-state index contributed by atoms with van der Waals surface area (Å²) in [6.45, 7) is 0.445. The summed E-state index contributed by atoms with van der Waals surface area (Å²) in [6.07, 6.45) is 3.37. The van der Waals surface area contributed by atoms with E-state index in [2.05, 4.69) is 25.6 Å². The topological polar surface area (TPSA) is 94.8 Å². The smallest absolute Gasteiger partial charge is 0.274 e. The van der Waals surface area contributed by atoms with Crippen LogP contribution >= 0.6 is 23.1 Å². The minimum atomic E-state index is -0.271. The van der Waals surface area contributed by atoms with Gasteiger partial charge in [-0.05, 0) is 41.8 Å². The first kappa shape index (κ1) is 20.0. The van der Waals surface area contributed by atoms with Gasteiger partial charge in [0.15, 0.2) is 10.9 Å². The highest BCUT2D eigenvalue weighted by atomic mass is 32.2. The van der Waals surface area contributed by atoms with Gasteiger partial charge in [-0.2, -0.15) is 0 Å². The van der Waals surface area contributed by atoms with Gasteiger partial charge in [0.25, 0.3) is 5.91 Å². The Bertz CT molecular complexity index is 1100. The molecule has 0 atom stereocenters. The van der Waals surface area contributed by atoms with E-state index in [1.807, 2.05) is 41.8 Å². The van der Waals surface area contributed by atoms with E-state index in [0.717, 1.165) is 16.3 Å². The van der Waals surface area contributed by atoms with Crippen molar-refractivity contribution in [3.05, 3.63) is 76.5 Å². The molecule has 8 nitrogen and oxygen atoms in total. The maximum Gasteiger partial charge on any atom is 0.274 e. The Morgan fingerprint density at radius 3 is 2.67 bits per heavy atom. The molecule has 0 unspecified atom stereocenters. The second-order valence-corrected chi connectivity index (χ2v) is 8.05. The monoisotopic (exact) mass is 438 g/mol. The fraction of sp³-hybridized carbons (Fsp3) is 0.150. The lowest BCUT2D eigenvalue weighted by atomic mass is 10.2. The van der Waals surface area contributed by atoms with Gasteiger partial charge in [0.05, 0.1) is 25.0 Å². The van der Waals surface area contributed by atoms with Gasteiger partial charge in [0, 0.05) is 23.0 Å². The molecule has 0 aliphatic rings. The normalized spacial score (nSPS) is 10.7. The zero-order chi connectivity index (χ0) is 20.8. The maximum absolute atomic E-state index is 12.8. The van der Waals surface area contributed by atoms with E-state index in [1.54, 1.807) is 41.6 Å². The number of thioether (sulfide) groups is 1. The number of amides is 1. The molecule has 3 heterocycles. The Balaban J connectivity index is 1.60. The van der Waals surface area contributed by atoms with Crippen molar-refractivity contribution < 1.29 is 9.53 Å². The van der Waals surface area contributed by atoms with Gasteiger partial charge in [0.1, 0.15) is 5.75 Å². The third kappa shape index (κ3) is 4.66. The molecule has 30 heavy (non-hydrogen) atoms. The van der Waals surface area contributed by atoms with Crippen LogP contribution in [-0.4, -0.2) is 38.0 Å². The van der Waals surface area contributed by atoms with Crippen molar-refractivity contribution in [2.45, 2.75) is 17.5 Å². The van der Waals surface area contributed by atoms with Crippen LogP contribution < -0.4 is 10.1 Å². The van der Waals surface area contributed by atoms with Gasteiger partial charge in [-0.3, -0.25) is 4.79 Å². The molecule has 0 fully saturated rings. The van der Waals surface area contributed by atoms with E-state index in [-0.39, 0.29) is 11.6 Å². The first-order chi connectivity index (χ1) is 14.7. The number of thiophene rings is 1. The summed E-state index contributed by atoms with van der Waals surface area (Å²) in [7, 11) is 1.61. The molecule has 1 amide bonds. The Morgan fingerprint density at radius 2 is 1.97 bits per heavy atom. The van der Waals surface area contributed by atoms with Gasteiger partial charge in [-0.15, -0.1) is 16.4 Å². The number of nitrogens with one attached hydrogen (secondary N) is 1. The maximum atomic E-state index is 12.8. The number of hydrogen-bond acceptors (Lipinski definition) is 8. The first-order valence-corrected chi connectivity index (χ1v) is 10.9. The third-order valence-corrected chi connectivity index (χ3v) is 5.94. The number of aromatic nitrogens is 5. The van der Waals surface area contributed by atoms with Crippen LogP contribution in [0.4, 0.5) is 0 Å². The summed E-state index contributed by atoms with van der Waals surface area (Å²) >= 11 is 3.01. The molecular formula is C20H18N6O2S2. The molecule has 0 saturated heterocycles. The van der Waals surface area contributed by atoms with Crippen molar-refractivity contribution in [1.82, 2.24) is 30.3 Å². The molecule has 0 radical (unpaired) electrons. The number of methoxy groups -OCH3 is 1. The SMILES string of the molecule is COc1ccc(-n2nnc(C(=O)NCc3cccs3)c2CSc2ncccn2)cc1. The standard InChI is InChI=1S/C20H18N6O2S2/c1-28-15-7-5-14(6-8-15)26-17(13-30-20-21-9-3-10-22-20)18(24-25-26)19(27)23-12-16-4-2-11-29-16/h2-11H,12-13H2,1H3,(H,23,27). The van der Waals surface area contributed by atoms with E-state index in [4.69, 9.17) is 4.74 Å². The van der Waals surface area contributed by atoms with Gasteiger partial charge in [-0.25, -0.2) is 14.6 Å². The lowest BCUT2D eigenvalue weighted by Crippen LogP contribution is -2.24. The van der Waals surface area contributed by atoms with Crippen LogP contribution in [0.5, 0.6) is 5.75 Å². The third-order valence-electron chi connectivity index (χ3n) is 4.18. The molecule has 1 aromatic carbocycles. The Labute approximate surface area is 181 Å². The zero-order valence-corrected chi connectivity index (χ0v) is 17.7. The number of nitrogens with zero attached hydrogens (tertiary/aromatic N) is 5. The molecule has 3 aromatic heterocycles. The highest BCUT2D eigenvalue weighted by Crippen LogP contribution is 2.24. The largest absolute Gasteiger partial charge is 0.497 e. The van der Waals surface area contributed by atoms with Crippen molar-refractivity contribution in [3.63, 3.8) is 0 Å². The van der Waals surface area contributed by atoms with Crippen LogP contribution in [0.3, 0.4) is 0 Å². The second kappa shape index (κ2) is 9.51. The van der Waals surface area contributed by atoms with E-state index >= 15 is 0 Å². The molecule has 0 aliphatic carbocycles. The second-order valence-electron chi connectivity index (χ2n) is 6.08. The van der Waals surface area contributed by atoms with Crippen molar-refractivity contribution in [2.75, 3.05) is 7.11 Å². The lowest BCUT2D eigenvalue weighted by molar-refractivity contribution is 0.0945. The summed E-state index contributed by atoms with van der Waals surface area (Å²) in [5.41, 5.74) is 1.73. The minimum absolute atomic E-state index is 0.271. The van der Waals surface area contributed by atoms with Crippen LogP contribution in [0.2, 0.25) is 0 Å². The molecule has 0 bridgehead atoms. The molecule has 0 aliphatic heterocycles. The fourth-order valence-corrected chi connectivity index (χ4v) is 4.14. The highest BCUT2D eigenvalue weighted by Gasteiger charge is 2.21. The predicted octanol–water partition coefficient (Wildman–Crippen LogP) is 3.35. The van der Waals surface area contributed by atoms with Crippen molar-refractivity contribution in [1.29, 1.82) is 0 Å². The Kier molecular flexibility index (Phi) is 6.35. The molecule has 152 valence electrons. The average molecular weight is 439 g/mol. The molecule has 0 spiro atoms. The van der Waals surface area contributed by atoms with Gasteiger partial charge in [-0.1, -0.05) is 23.0 Å². The van der Waals surface area contributed by atoms with E-state index in [9.17, 15) is 4.79 Å². The van der Waals surface area contributed by atoms with Gasteiger partial charge in [0.2, 0.25) is 0 Å². The van der Waals surface area contributed by atoms with Gasteiger partial charge >= 0.3 is 0 Å². The fourth-order valence-electron chi connectivity index (χ4n) is 2.70. The highest BCUT2D eigenvalue weighted by molar-refractivity contribution is 7.98. The Hall–Kier alpha value is -3.24. The first-order valence-electron chi connectivity index (χ1n) is 9.04. The van der Waals surface area contributed by atoms with Crippen molar-refractivity contribution >= 4 is 29.0 Å². The average Bonchev–Trinajstić information content (AvgIpc) is 3.47. The summed E-state index contributed by atoms with van der Waals surface area (Å²) < 4.78 is 6.88. The van der Waals surface area contributed by atoms with Crippen LogP contribution in [0.25, 0.3) is 5.69 Å². The number of hydrogen-bond donors (Lipinski definition) is 1. The van der Waals surface area contributed by atoms with Crippen LogP contribution in [0, 0.1) is 0 Å². The van der Waals surface area contributed by atoms with E-state index in [0.29, 0.717) is 23.1 Å². The minimum Gasteiger partial charge on any atom is -0.497 e. The number of rotatable bonds is 8. The lowest BCUT2D eigenvalue weighted by Gasteiger charge is -2.09. The van der Waals surface area contributed by atoms with E-state index < -0.39 is 0 Å². The molecule has 1 N–H and O–H groups in total. The molecule has 4 aromatic rings. The van der Waals surface area contributed by atoms with Crippen LogP contribution in [-0.2, 0) is 12.3 Å². The van der Waals surface area contributed by atoms with Crippen molar-refractivity contribution in [2.24, 2.45) is 0 Å². The Morgan fingerprint density at radius 1 is 1.17 bits per heavy atom. The van der Waals surface area contributed by atoms with Crippen LogP contribution in [0.15, 0.2) is 65.4 Å². The number of carbonyl (C=O) groups is 1. The number of ether oxygens (including phenoxy) is 1. The summed E-state index contributed by atoms with van der Waals surface area (Å²) in [5.74, 6) is 0.902. The quantitative estimate of drug-likeness (QED) is 0.333. The molecule has 4 rings (SSSR count). The number of benzene rings is 1. The predicted molar refractivity (Wildman–Crippen MR) is 115 cm³/mol. The van der Waals surface area contributed by atoms with Gasteiger partial charge < -0.3 is 10.1 Å². The molecular weight excluding hydrogens is 420 g/mol. The van der Waals surface area contributed by atoms with Crippen LogP contribution in [0.1, 0.15) is 21.1 Å². The molecule has 10 heteroatoms. The van der Waals surface area contributed by atoms with E-state index in [1.165, 1.54) is 11.8 Å². The van der Waals surface area contributed by atoms with Crippen molar-refractivity contribution in [3.8, 4) is 11.4 Å². The summed E-state index contributed by atoms with van der Waals surface area (Å²) in [4.78, 5) is 22.4. The number of carbonyl (C=O) groups excluding carboxylic acids is 1. The molecule has 0 saturated carbocycles. The summed E-state index contributed by atoms with van der Waals surface area (Å²) in [5, 5.41) is 13.9. The zero-order valence-electron chi connectivity index (χ0n) is 16.1.